The molecule has 25 aromatic rings. The molecule has 0 saturated heterocycles. The average molecular weight is 2010 g/mol. The van der Waals surface area contributed by atoms with Gasteiger partial charge in [-0.05, 0) is 252 Å². The van der Waals surface area contributed by atoms with Crippen molar-refractivity contribution < 1.29 is 57.3 Å². The molecule has 13 aromatic heterocycles. The zero-order valence-corrected chi connectivity index (χ0v) is 77.3. The Kier molecular flexibility index (Phi) is 21.2. The van der Waals surface area contributed by atoms with Crippen LogP contribution in [0.25, 0.3) is 267 Å². The Morgan fingerprint density at radius 1 is 0.213 bits per heavy atom. The van der Waals surface area contributed by atoms with E-state index in [-0.39, 0.29) is 39.6 Å². The Morgan fingerprint density at radius 2 is 0.463 bits per heavy atom. The molecule has 25 rings (SSSR count). The summed E-state index contributed by atoms with van der Waals surface area (Å²) < 4.78 is 26.1. The second kappa shape index (κ2) is 34.5. The van der Waals surface area contributed by atoms with Crippen LogP contribution >= 0.6 is 0 Å². The van der Waals surface area contributed by atoms with Crippen molar-refractivity contribution in [1.82, 2.24) is 49.8 Å². The fourth-order valence-corrected chi connectivity index (χ4v) is 19.0. The minimum absolute atomic E-state index is 0. The zero-order valence-electron chi connectivity index (χ0n) is 73.3. The average Bonchev–Trinajstić information content (AvgIpc) is 1.42. The Hall–Kier alpha value is -16.6. The Morgan fingerprint density at radius 3 is 0.728 bits per heavy atom. The first-order chi connectivity index (χ1) is 66.0. The van der Waals surface area contributed by atoms with Crippen molar-refractivity contribution in [2.75, 3.05) is 0 Å². The van der Waals surface area contributed by atoms with Gasteiger partial charge in [0.05, 0.1) is 22.3 Å². The second-order valence-electron chi connectivity index (χ2n) is 33.7. The third kappa shape index (κ3) is 14.8. The normalized spacial score (nSPS) is 11.6. The first-order valence-corrected chi connectivity index (χ1v) is 44.2. The maximum atomic E-state index is 6.52. The van der Waals surface area contributed by atoms with Gasteiger partial charge in [0.15, 0.2) is 0 Å². The molecule has 13 heterocycles. The molecule has 0 atom stereocenters. The zero-order chi connectivity index (χ0) is 89.2. The molecule has 16 heteroatoms. The van der Waals surface area contributed by atoms with Crippen molar-refractivity contribution in [1.29, 1.82) is 0 Å². The Balaban J connectivity index is 0.00000520. The van der Waals surface area contributed by atoms with E-state index in [2.05, 4.69) is 261 Å². The maximum Gasteiger partial charge on any atom is 3.00 e. The van der Waals surface area contributed by atoms with Crippen molar-refractivity contribution in [3.8, 4) is 179 Å². The Labute approximate surface area is 807 Å². The summed E-state index contributed by atoms with van der Waals surface area (Å²) in [6.07, 6.45) is 11.7. The van der Waals surface area contributed by atoms with Crippen LogP contribution in [0.4, 0.5) is 0 Å². The van der Waals surface area contributed by atoms with E-state index in [0.29, 0.717) is 56.6 Å². The smallest absolute Gasteiger partial charge is 0.486 e. The number of hydrogen-bond donors (Lipinski definition) is 0. The van der Waals surface area contributed by atoms with Crippen LogP contribution in [0.2, 0.25) is 0 Å². The van der Waals surface area contributed by atoms with Gasteiger partial charge in [0.25, 0.3) is 0 Å². The van der Waals surface area contributed by atoms with E-state index in [1.165, 1.54) is 0 Å². The van der Waals surface area contributed by atoms with Gasteiger partial charge in [-0.3, -0.25) is 12.1 Å². The van der Waals surface area contributed by atoms with Gasteiger partial charge in [0.1, 0.15) is 0 Å². The third-order valence-electron chi connectivity index (χ3n) is 25.4. The van der Waals surface area contributed by atoms with Crippen LogP contribution < -0.4 is 0 Å². The molecule has 0 unspecified atom stereocenters. The van der Waals surface area contributed by atoms with E-state index in [1.54, 1.807) is 0 Å². The molecule has 14 nitrogen and oxygen atoms in total. The molecule has 0 bridgehead atoms. The van der Waals surface area contributed by atoms with Crippen molar-refractivity contribution in [2.24, 2.45) is 0 Å². The number of rotatable bonds is 16. The summed E-state index contributed by atoms with van der Waals surface area (Å²) in [6, 6.07) is 130. The second-order valence-corrected chi connectivity index (χ2v) is 33.7. The number of nitrogens with zero attached hydrogens (tertiary/aromatic N) is 10. The fourth-order valence-electron chi connectivity index (χ4n) is 19.0. The Bertz CT molecular complexity index is 8120. The summed E-state index contributed by atoms with van der Waals surface area (Å²) in [5.41, 5.74) is 35.8. The number of benzene rings is 12. The SMILES string of the molecule is Cc1ccc2c(n1)oc1c(-c3ccc(-c4ccccc4-c4cc(-c5ccccc5-c5ccc(-c6[c-]ccc7c6oc6nc(C)ccc67)nc5)cc(-c5cccc(-c6cc(-c7ccccc7-c7ccc(-c8[c-]ccc9c8oc8nc(C)ccc89)nc7)cc(-c7ccccc7-c7ccc(-c8[c-]ccc9c8oc8nc(C)ccc89)nc7)c6)c5-c5cnc(-c6[c-]ccc[c-]6)nc5)c4)cn3)[c-]ccc12.[Ir+3].[Rh+3]. The minimum Gasteiger partial charge on any atom is -0.486 e. The van der Waals surface area contributed by atoms with Gasteiger partial charge >= 0.3 is 39.6 Å². The molecule has 12 aromatic carbocycles. The summed E-state index contributed by atoms with van der Waals surface area (Å²) >= 11 is 0. The van der Waals surface area contributed by atoms with E-state index in [4.69, 9.17) is 67.5 Å². The molecule has 0 fully saturated rings. The summed E-state index contributed by atoms with van der Waals surface area (Å²) in [4.78, 5) is 50.3. The molecular formula is C120H70IrN10O4Rh. The summed E-state index contributed by atoms with van der Waals surface area (Å²) in [6.45, 7) is 7.88. The fraction of sp³-hybridized carbons (Fsp3) is 0.0333. The first-order valence-electron chi connectivity index (χ1n) is 44.2. The number of aromatic nitrogens is 10. The maximum absolute atomic E-state index is 6.52. The summed E-state index contributed by atoms with van der Waals surface area (Å²) in [5, 5.41) is 7.56. The van der Waals surface area contributed by atoms with Crippen molar-refractivity contribution >= 4 is 88.3 Å². The third-order valence-corrected chi connectivity index (χ3v) is 25.4. The molecule has 0 aliphatic rings. The quantitative estimate of drug-likeness (QED) is 0.0658. The van der Waals surface area contributed by atoms with Gasteiger partial charge in [0, 0.05) is 92.6 Å². The van der Waals surface area contributed by atoms with Crippen molar-refractivity contribution in [3.05, 3.63) is 412 Å². The topological polar surface area (TPSA) is 181 Å². The molecule has 0 aliphatic carbocycles. The minimum atomic E-state index is 0. The summed E-state index contributed by atoms with van der Waals surface area (Å²) in [7, 11) is 0. The molecular weight excluding hydrogens is 1940 g/mol. The predicted molar refractivity (Wildman–Crippen MR) is 532 cm³/mol. The number of furan rings is 4. The summed E-state index contributed by atoms with van der Waals surface area (Å²) in [5.74, 6) is 0.488. The molecule has 0 aliphatic heterocycles. The molecule has 0 spiro atoms. The predicted octanol–water partition coefficient (Wildman–Crippen LogP) is 29.9. The van der Waals surface area contributed by atoms with Crippen LogP contribution in [0, 0.1) is 64.1 Å². The molecule has 0 radical (unpaired) electrons. The van der Waals surface area contributed by atoms with E-state index in [1.807, 2.05) is 156 Å². The number of aryl methyl sites for hydroxylation is 4. The van der Waals surface area contributed by atoms with E-state index < -0.39 is 0 Å². The van der Waals surface area contributed by atoms with Gasteiger partial charge in [-0.15, -0.1) is 72.8 Å². The van der Waals surface area contributed by atoms with Crippen LogP contribution in [-0.2, 0) is 39.6 Å². The van der Waals surface area contributed by atoms with Crippen LogP contribution in [0.5, 0.6) is 0 Å². The van der Waals surface area contributed by atoms with Crippen LogP contribution in [0.15, 0.2) is 370 Å². The van der Waals surface area contributed by atoms with Crippen LogP contribution in [0.1, 0.15) is 22.8 Å². The van der Waals surface area contributed by atoms with E-state index in [0.717, 1.165) is 233 Å². The standard InChI is InChI=1S/C120H70N10O4.Ir.Rh/c1-69-41-49-99-95-33-17-37-103(112(95)131-117(99)127-69)107-53-45-74(63-121-107)85-23-8-12-27-89(85)78-57-79(90-28-13-9-24-86(90)75-46-54-108(122-64-75)104-38-18-34-96-100-50-42-70(2)128-118(100)132-113(96)104)60-82(59-78)93-31-16-32-94(111(93)84-67-125-116(126-68-84)73-21-6-5-7-22-73)83-61-80(91-29-14-10-25-87(91)76-47-55-109(123-65-76)105-39-19-35-97-101-51-43-71(3)129-119(101)133-114(97)105)58-81(62-83)92-30-15-11-26-88(92)77-48-56-110(124-66-77)106-40-20-36-98-102-52-44-72(4)130-120(102)134-115(98)106;;/h5-20,23-36,41-68H,1-4H3;;/q-6;2*+3. The molecule has 136 heavy (non-hydrogen) atoms. The first kappa shape index (κ1) is 83.7. The number of pyridine rings is 8. The van der Waals surface area contributed by atoms with E-state index >= 15 is 0 Å². The van der Waals surface area contributed by atoms with Crippen LogP contribution in [-0.4, -0.2) is 49.8 Å². The van der Waals surface area contributed by atoms with Crippen molar-refractivity contribution in [2.45, 2.75) is 27.7 Å². The molecule has 0 saturated carbocycles. The number of fused-ring (bicyclic) bond motifs is 12. The van der Waals surface area contributed by atoms with Crippen molar-refractivity contribution in [3.63, 3.8) is 0 Å². The van der Waals surface area contributed by atoms with Gasteiger partial charge < -0.3 is 47.6 Å². The molecule has 642 valence electrons. The van der Waals surface area contributed by atoms with Gasteiger partial charge in [-0.2, -0.15) is 0 Å². The van der Waals surface area contributed by atoms with E-state index in [9.17, 15) is 0 Å². The van der Waals surface area contributed by atoms with Crippen LogP contribution in [0.3, 0.4) is 0 Å². The van der Waals surface area contributed by atoms with Gasteiger partial charge in [0.2, 0.25) is 22.9 Å². The van der Waals surface area contributed by atoms with Gasteiger partial charge in [-0.1, -0.05) is 208 Å². The molecule has 0 N–H and O–H groups in total. The van der Waals surface area contributed by atoms with Gasteiger partial charge in [-0.25, -0.2) is 43.7 Å². The number of hydrogen-bond acceptors (Lipinski definition) is 14. The largest absolute Gasteiger partial charge is 3.00 e. The molecule has 0 amide bonds. The monoisotopic (exact) mass is 2010 g/mol.